The van der Waals surface area contributed by atoms with Crippen LogP contribution in [0.5, 0.6) is 0 Å². The first-order valence-electron chi connectivity index (χ1n) is 6.26. The third kappa shape index (κ3) is 4.40. The number of alkyl halides is 1. The van der Waals surface area contributed by atoms with Crippen molar-refractivity contribution in [2.45, 2.75) is 29.1 Å². The molecule has 0 N–H and O–H groups in total. The summed E-state index contributed by atoms with van der Waals surface area (Å²) in [6, 6.07) is 19.3. The van der Waals surface area contributed by atoms with Crippen molar-refractivity contribution in [3.05, 3.63) is 60.2 Å². The average Bonchev–Trinajstić information content (AvgIpc) is 2.42. The summed E-state index contributed by atoms with van der Waals surface area (Å²) in [5.41, 5.74) is 1.40. The van der Waals surface area contributed by atoms with Gasteiger partial charge < -0.3 is 0 Å². The van der Waals surface area contributed by atoms with Crippen molar-refractivity contribution in [1.29, 1.82) is 0 Å². The average molecular weight is 277 g/mol. The monoisotopic (exact) mass is 276 g/mol. The van der Waals surface area contributed by atoms with Gasteiger partial charge in [-0.3, -0.25) is 0 Å². The third-order valence-electron chi connectivity index (χ3n) is 2.75. The summed E-state index contributed by atoms with van der Waals surface area (Å²) in [6.45, 7) is 0. The van der Waals surface area contributed by atoms with Crippen LogP contribution in [0.25, 0.3) is 0 Å². The van der Waals surface area contributed by atoms with Crippen molar-refractivity contribution >= 4 is 23.4 Å². The molecule has 2 aromatic carbocycles. The van der Waals surface area contributed by atoms with Crippen LogP contribution < -0.4 is 0 Å². The predicted octanol–water partition coefficient (Wildman–Crippen LogP) is 5.40. The molecule has 0 saturated heterocycles. The molecule has 0 heterocycles. The molecule has 0 aliphatic carbocycles. The van der Waals surface area contributed by atoms with Crippen LogP contribution in [0.15, 0.2) is 64.4 Å². The summed E-state index contributed by atoms with van der Waals surface area (Å²) in [5.74, 6) is 0.766. The molecule has 0 bridgehead atoms. The maximum absolute atomic E-state index is 5.68. The summed E-state index contributed by atoms with van der Waals surface area (Å²) >= 11 is 7.48. The van der Waals surface area contributed by atoms with Crippen LogP contribution in [0, 0.1) is 0 Å². The minimum Gasteiger partial charge on any atom is -0.127 e. The summed E-state index contributed by atoms with van der Waals surface area (Å²) in [6.07, 6.45) is 3.40. The Kier molecular flexibility index (Phi) is 5.63. The second kappa shape index (κ2) is 7.50. The largest absolute Gasteiger partial charge is 0.127 e. The molecule has 0 radical (unpaired) electrons. The molecule has 0 fully saturated rings. The standard InChI is InChI=1S/C16H17ClS/c17-13-5-4-6-14-9-11-16(12-10-14)18-15-7-2-1-3-8-15/h1-3,7-12H,4-6,13H2. The van der Waals surface area contributed by atoms with Crippen molar-refractivity contribution in [1.82, 2.24) is 0 Å². The molecule has 0 saturated carbocycles. The van der Waals surface area contributed by atoms with Crippen LogP contribution in [0.2, 0.25) is 0 Å². The first kappa shape index (κ1) is 13.5. The van der Waals surface area contributed by atoms with E-state index in [1.54, 1.807) is 11.8 Å². The van der Waals surface area contributed by atoms with E-state index >= 15 is 0 Å². The quantitative estimate of drug-likeness (QED) is 0.503. The highest BCUT2D eigenvalue weighted by Gasteiger charge is 1.97. The zero-order valence-corrected chi connectivity index (χ0v) is 11.9. The lowest BCUT2D eigenvalue weighted by Gasteiger charge is -2.04. The minimum absolute atomic E-state index is 0.766. The molecule has 0 spiro atoms. The van der Waals surface area contributed by atoms with Crippen molar-refractivity contribution in [3.8, 4) is 0 Å². The lowest BCUT2D eigenvalue weighted by molar-refractivity contribution is 0.799. The Labute approximate surface area is 118 Å². The zero-order chi connectivity index (χ0) is 12.6. The van der Waals surface area contributed by atoms with Gasteiger partial charge in [-0.25, -0.2) is 0 Å². The second-order valence-electron chi connectivity index (χ2n) is 4.21. The molecule has 2 heteroatoms. The van der Waals surface area contributed by atoms with E-state index in [9.17, 15) is 0 Å². The minimum atomic E-state index is 0.766. The lowest BCUT2D eigenvalue weighted by atomic mass is 10.1. The predicted molar refractivity (Wildman–Crippen MR) is 80.7 cm³/mol. The van der Waals surface area contributed by atoms with Gasteiger partial charge in [-0.15, -0.1) is 11.6 Å². The number of rotatable bonds is 6. The van der Waals surface area contributed by atoms with Crippen LogP contribution in [0.1, 0.15) is 18.4 Å². The second-order valence-corrected chi connectivity index (χ2v) is 5.73. The number of aryl methyl sites for hydroxylation is 1. The normalized spacial score (nSPS) is 10.5. The van der Waals surface area contributed by atoms with Crippen LogP contribution in [0.4, 0.5) is 0 Å². The zero-order valence-electron chi connectivity index (χ0n) is 10.3. The SMILES string of the molecule is ClCCCCc1ccc(Sc2ccccc2)cc1. The molecule has 0 aromatic heterocycles. The Bertz CT molecular complexity index is 450. The number of benzene rings is 2. The van der Waals surface area contributed by atoms with E-state index in [0.717, 1.165) is 18.7 Å². The Morgan fingerprint density at radius 3 is 2.11 bits per heavy atom. The molecule has 0 amide bonds. The van der Waals surface area contributed by atoms with Gasteiger partial charge in [0, 0.05) is 15.7 Å². The van der Waals surface area contributed by atoms with E-state index in [1.807, 2.05) is 6.07 Å². The first-order valence-corrected chi connectivity index (χ1v) is 7.61. The molecule has 94 valence electrons. The summed E-state index contributed by atoms with van der Waals surface area (Å²) in [5, 5.41) is 0. The molecule has 0 atom stereocenters. The van der Waals surface area contributed by atoms with Crippen molar-refractivity contribution in [2.24, 2.45) is 0 Å². The number of hydrogen-bond donors (Lipinski definition) is 0. The summed E-state index contributed by atoms with van der Waals surface area (Å²) in [4.78, 5) is 2.58. The Balaban J connectivity index is 1.91. The highest BCUT2D eigenvalue weighted by Crippen LogP contribution is 2.27. The third-order valence-corrected chi connectivity index (χ3v) is 4.03. The highest BCUT2D eigenvalue weighted by molar-refractivity contribution is 7.99. The number of hydrogen-bond acceptors (Lipinski definition) is 1. The van der Waals surface area contributed by atoms with Crippen LogP contribution in [-0.4, -0.2) is 5.88 Å². The molecule has 2 aromatic rings. The van der Waals surface area contributed by atoms with Crippen molar-refractivity contribution < 1.29 is 0 Å². The van der Waals surface area contributed by atoms with E-state index in [1.165, 1.54) is 21.8 Å². The van der Waals surface area contributed by atoms with Crippen molar-refractivity contribution in [3.63, 3.8) is 0 Å². The Hall–Kier alpha value is -0.920. The Morgan fingerprint density at radius 1 is 0.778 bits per heavy atom. The van der Waals surface area contributed by atoms with Gasteiger partial charge in [0.25, 0.3) is 0 Å². The molecule has 0 aliphatic rings. The first-order chi connectivity index (χ1) is 8.88. The van der Waals surface area contributed by atoms with Crippen molar-refractivity contribution in [2.75, 3.05) is 5.88 Å². The van der Waals surface area contributed by atoms with Gasteiger partial charge in [-0.05, 0) is 49.1 Å². The van der Waals surface area contributed by atoms with Gasteiger partial charge in [0.1, 0.15) is 0 Å². The highest BCUT2D eigenvalue weighted by atomic mass is 35.5. The molecular formula is C16H17ClS. The van der Waals surface area contributed by atoms with Gasteiger partial charge >= 0.3 is 0 Å². The molecule has 0 aliphatic heterocycles. The van der Waals surface area contributed by atoms with E-state index in [2.05, 4.69) is 48.5 Å². The fraction of sp³-hybridized carbons (Fsp3) is 0.250. The fourth-order valence-electron chi connectivity index (χ4n) is 1.77. The maximum Gasteiger partial charge on any atom is 0.0223 e. The smallest absolute Gasteiger partial charge is 0.0223 e. The molecule has 0 unspecified atom stereocenters. The van der Waals surface area contributed by atoms with Gasteiger partial charge in [-0.1, -0.05) is 42.1 Å². The maximum atomic E-state index is 5.68. The molecule has 2 rings (SSSR count). The van der Waals surface area contributed by atoms with E-state index < -0.39 is 0 Å². The van der Waals surface area contributed by atoms with Gasteiger partial charge in [0.15, 0.2) is 0 Å². The Morgan fingerprint density at radius 2 is 1.44 bits per heavy atom. The van der Waals surface area contributed by atoms with Gasteiger partial charge in [-0.2, -0.15) is 0 Å². The molecule has 18 heavy (non-hydrogen) atoms. The summed E-state index contributed by atoms with van der Waals surface area (Å²) < 4.78 is 0. The number of unbranched alkanes of at least 4 members (excludes halogenated alkanes) is 1. The van der Waals surface area contributed by atoms with Crippen LogP contribution in [-0.2, 0) is 6.42 Å². The van der Waals surface area contributed by atoms with E-state index in [-0.39, 0.29) is 0 Å². The molecule has 0 nitrogen and oxygen atoms in total. The summed E-state index contributed by atoms with van der Waals surface area (Å²) in [7, 11) is 0. The van der Waals surface area contributed by atoms with Crippen LogP contribution in [0.3, 0.4) is 0 Å². The van der Waals surface area contributed by atoms with Gasteiger partial charge in [0.05, 0.1) is 0 Å². The lowest BCUT2D eigenvalue weighted by Crippen LogP contribution is -1.86. The molecular weight excluding hydrogens is 260 g/mol. The van der Waals surface area contributed by atoms with E-state index in [0.29, 0.717) is 0 Å². The van der Waals surface area contributed by atoms with Crippen LogP contribution >= 0.6 is 23.4 Å². The van der Waals surface area contributed by atoms with E-state index in [4.69, 9.17) is 11.6 Å². The number of halogens is 1. The topological polar surface area (TPSA) is 0 Å². The van der Waals surface area contributed by atoms with Gasteiger partial charge in [0.2, 0.25) is 0 Å². The fourth-order valence-corrected chi connectivity index (χ4v) is 2.80.